The van der Waals surface area contributed by atoms with Gasteiger partial charge in [0.15, 0.2) is 0 Å². The molecule has 1 aromatic carbocycles. The second-order valence-electron chi connectivity index (χ2n) is 8.30. The van der Waals surface area contributed by atoms with Crippen molar-refractivity contribution in [1.29, 1.82) is 5.26 Å². The zero-order valence-electron chi connectivity index (χ0n) is 18.2. The predicted molar refractivity (Wildman–Crippen MR) is 111 cm³/mol. The average Bonchev–Trinajstić information content (AvgIpc) is 3.32. The van der Waals surface area contributed by atoms with Crippen molar-refractivity contribution in [3.05, 3.63) is 47.8 Å². The van der Waals surface area contributed by atoms with Crippen molar-refractivity contribution in [1.82, 2.24) is 20.0 Å². The molecule has 1 saturated heterocycles. The Kier molecular flexibility index (Phi) is 6.95. The molecule has 0 saturated carbocycles. The number of nitrogens with one attached hydrogen (secondary N) is 1. The first-order valence-electron chi connectivity index (χ1n) is 10.4. The first-order chi connectivity index (χ1) is 15.5. The number of hydrogen-bond acceptors (Lipinski definition) is 5. The minimum atomic E-state index is -4.93. The Hall–Kier alpha value is -3.55. The molecule has 2 aromatic rings. The van der Waals surface area contributed by atoms with Crippen LogP contribution < -0.4 is 10.1 Å². The van der Waals surface area contributed by atoms with E-state index in [4.69, 9.17) is 5.26 Å². The Bertz CT molecular complexity index is 1040. The normalized spacial score (nSPS) is 16.7. The summed E-state index contributed by atoms with van der Waals surface area (Å²) >= 11 is 0. The summed E-state index contributed by atoms with van der Waals surface area (Å²) in [4.78, 5) is 27.5. The summed E-state index contributed by atoms with van der Waals surface area (Å²) in [5.41, 5.74) is -0.831. The molecule has 11 heteroatoms. The molecule has 0 bridgehead atoms. The number of likely N-dealkylation sites (tertiary alicyclic amines) is 1. The number of ether oxygens (including phenoxy) is 1. The van der Waals surface area contributed by atoms with Gasteiger partial charge in [-0.05, 0) is 44.9 Å². The maximum Gasteiger partial charge on any atom is 0.573 e. The second-order valence-corrected chi connectivity index (χ2v) is 8.30. The third-order valence-corrected chi connectivity index (χ3v) is 5.55. The maximum atomic E-state index is 13.1. The molecular formula is C22H24F3N5O3. The molecule has 1 N–H and O–H groups in total. The maximum absolute atomic E-state index is 13.1. The summed E-state index contributed by atoms with van der Waals surface area (Å²) in [7, 11) is 0. The summed E-state index contributed by atoms with van der Waals surface area (Å²) in [5.74, 6) is -1.58. The molecule has 176 valence electrons. The van der Waals surface area contributed by atoms with Crippen molar-refractivity contribution in [2.75, 3.05) is 13.1 Å². The monoisotopic (exact) mass is 463 g/mol. The summed E-state index contributed by atoms with van der Waals surface area (Å²) in [6.45, 7) is 4.00. The van der Waals surface area contributed by atoms with Crippen molar-refractivity contribution >= 4 is 11.8 Å². The second kappa shape index (κ2) is 9.52. The van der Waals surface area contributed by atoms with Gasteiger partial charge in [-0.15, -0.1) is 13.2 Å². The number of rotatable bonds is 6. The lowest BCUT2D eigenvalue weighted by molar-refractivity contribution is -0.274. The van der Waals surface area contributed by atoms with Crippen LogP contribution in [0.2, 0.25) is 0 Å². The standard InChI is InChI=1S/C22H24F3N5O3/c1-21(2,30-10-4-8-28-30)20(32)29-9-3-5-17(14-29)19(31)27-13-16-7-6-15(12-26)11-18(16)33-22(23,24)25/h4,6-8,10-11,17H,3,5,9,13-14H2,1-2H3,(H,27,31). The van der Waals surface area contributed by atoms with E-state index in [0.29, 0.717) is 19.4 Å². The molecule has 3 rings (SSSR count). The minimum absolute atomic E-state index is 0.00515. The van der Waals surface area contributed by atoms with Crippen molar-refractivity contribution in [3.8, 4) is 11.8 Å². The highest BCUT2D eigenvalue weighted by Crippen LogP contribution is 2.28. The van der Waals surface area contributed by atoms with Gasteiger partial charge in [0.1, 0.15) is 11.3 Å². The van der Waals surface area contributed by atoms with Crippen LogP contribution in [0.5, 0.6) is 5.75 Å². The Morgan fingerprint density at radius 1 is 1.33 bits per heavy atom. The van der Waals surface area contributed by atoms with Gasteiger partial charge in [-0.3, -0.25) is 14.3 Å². The number of carbonyl (C=O) groups is 2. The van der Waals surface area contributed by atoms with E-state index in [2.05, 4.69) is 15.2 Å². The number of alkyl halides is 3. The van der Waals surface area contributed by atoms with Crippen LogP contribution in [0.4, 0.5) is 13.2 Å². The van der Waals surface area contributed by atoms with Crippen LogP contribution in [-0.4, -0.2) is 45.9 Å². The zero-order chi connectivity index (χ0) is 24.2. The summed E-state index contributed by atoms with van der Waals surface area (Å²) in [6.07, 6.45) is -0.473. The number of piperidine rings is 1. The largest absolute Gasteiger partial charge is 0.573 e. The highest BCUT2D eigenvalue weighted by molar-refractivity contribution is 5.85. The molecule has 0 radical (unpaired) electrons. The van der Waals surface area contributed by atoms with Crippen molar-refractivity contribution in [2.45, 2.75) is 45.1 Å². The van der Waals surface area contributed by atoms with E-state index in [-0.39, 0.29) is 36.0 Å². The molecule has 33 heavy (non-hydrogen) atoms. The molecule has 2 amide bonds. The quantitative estimate of drug-likeness (QED) is 0.710. The number of halogens is 3. The number of carbonyl (C=O) groups excluding carboxylic acids is 2. The summed E-state index contributed by atoms with van der Waals surface area (Å²) in [5, 5.41) is 15.7. The molecule has 0 aliphatic carbocycles. The Balaban J connectivity index is 1.65. The first-order valence-corrected chi connectivity index (χ1v) is 10.4. The van der Waals surface area contributed by atoms with Gasteiger partial charge in [0.2, 0.25) is 11.8 Å². The number of hydrogen-bond donors (Lipinski definition) is 1. The van der Waals surface area contributed by atoms with E-state index < -0.39 is 23.6 Å². The third-order valence-electron chi connectivity index (χ3n) is 5.55. The molecule has 1 aromatic heterocycles. The molecule has 1 atom stereocenters. The first kappa shape index (κ1) is 24.1. The molecule has 1 aliphatic rings. The molecule has 8 nitrogen and oxygen atoms in total. The van der Waals surface area contributed by atoms with E-state index >= 15 is 0 Å². The number of amides is 2. The zero-order valence-corrected chi connectivity index (χ0v) is 18.2. The smallest absolute Gasteiger partial charge is 0.405 e. The van der Waals surface area contributed by atoms with E-state index in [1.807, 2.05) is 0 Å². The van der Waals surface area contributed by atoms with Crippen LogP contribution in [-0.2, 0) is 21.7 Å². The number of nitrogens with zero attached hydrogens (tertiary/aromatic N) is 4. The van der Waals surface area contributed by atoms with E-state index in [9.17, 15) is 22.8 Å². The lowest BCUT2D eigenvalue weighted by Crippen LogP contribution is -2.52. The highest BCUT2D eigenvalue weighted by atomic mass is 19.4. The number of benzene rings is 1. The number of nitriles is 1. The van der Waals surface area contributed by atoms with Gasteiger partial charge < -0.3 is 15.0 Å². The Morgan fingerprint density at radius 3 is 2.73 bits per heavy atom. The fraction of sp³-hybridized carbons (Fsp3) is 0.455. The van der Waals surface area contributed by atoms with Gasteiger partial charge in [0.25, 0.3) is 0 Å². The summed E-state index contributed by atoms with van der Waals surface area (Å²) < 4.78 is 43.8. The molecule has 0 spiro atoms. The van der Waals surface area contributed by atoms with Gasteiger partial charge in [0.05, 0.1) is 17.6 Å². The lowest BCUT2D eigenvalue weighted by Gasteiger charge is -2.37. The van der Waals surface area contributed by atoms with Crippen LogP contribution in [0.25, 0.3) is 0 Å². The Morgan fingerprint density at radius 2 is 2.09 bits per heavy atom. The van der Waals surface area contributed by atoms with Crippen molar-refractivity contribution in [3.63, 3.8) is 0 Å². The van der Waals surface area contributed by atoms with Gasteiger partial charge in [-0.1, -0.05) is 6.07 Å². The van der Waals surface area contributed by atoms with E-state index in [1.54, 1.807) is 48.0 Å². The van der Waals surface area contributed by atoms with Crippen LogP contribution in [0.15, 0.2) is 36.7 Å². The molecule has 2 heterocycles. The molecular weight excluding hydrogens is 439 g/mol. The van der Waals surface area contributed by atoms with Gasteiger partial charge >= 0.3 is 6.36 Å². The van der Waals surface area contributed by atoms with Gasteiger partial charge in [-0.2, -0.15) is 10.4 Å². The summed E-state index contributed by atoms with van der Waals surface area (Å²) in [6, 6.07) is 7.12. The fourth-order valence-corrected chi connectivity index (χ4v) is 3.78. The van der Waals surface area contributed by atoms with E-state index in [0.717, 1.165) is 6.07 Å². The van der Waals surface area contributed by atoms with Crippen LogP contribution >= 0.6 is 0 Å². The number of aromatic nitrogens is 2. The average molecular weight is 463 g/mol. The topological polar surface area (TPSA) is 100 Å². The fourth-order valence-electron chi connectivity index (χ4n) is 3.78. The minimum Gasteiger partial charge on any atom is -0.405 e. The van der Waals surface area contributed by atoms with Gasteiger partial charge in [0, 0.05) is 37.6 Å². The van der Waals surface area contributed by atoms with Crippen LogP contribution in [0, 0.1) is 17.2 Å². The molecule has 1 unspecified atom stereocenters. The van der Waals surface area contributed by atoms with Crippen molar-refractivity contribution < 1.29 is 27.5 Å². The predicted octanol–water partition coefficient (Wildman–Crippen LogP) is 2.94. The van der Waals surface area contributed by atoms with Crippen LogP contribution in [0.1, 0.15) is 37.8 Å². The van der Waals surface area contributed by atoms with Crippen LogP contribution in [0.3, 0.4) is 0 Å². The lowest BCUT2D eigenvalue weighted by atomic mass is 9.94. The SMILES string of the molecule is CC(C)(C(=O)N1CCCC(C(=O)NCc2ccc(C#N)cc2OC(F)(F)F)C1)n1cccn1. The van der Waals surface area contributed by atoms with E-state index in [1.165, 1.54) is 12.1 Å². The highest BCUT2D eigenvalue weighted by Gasteiger charge is 2.38. The third kappa shape index (κ3) is 5.83. The van der Waals surface area contributed by atoms with Crippen molar-refractivity contribution in [2.24, 2.45) is 5.92 Å². The molecule has 1 fully saturated rings. The Labute approximate surface area is 188 Å². The van der Waals surface area contributed by atoms with Gasteiger partial charge in [-0.25, -0.2) is 0 Å². The molecule has 1 aliphatic heterocycles.